The number of nitrogens with zero attached hydrogens (tertiary/aromatic N) is 3. The third-order valence-electron chi connectivity index (χ3n) is 6.02. The Hall–Kier alpha value is -1.53. The van der Waals surface area contributed by atoms with Gasteiger partial charge in [-0.05, 0) is 69.8 Å². The Morgan fingerprint density at radius 3 is 2.85 bits per heavy atom. The largest absolute Gasteiger partial charge is 0.379 e. The van der Waals surface area contributed by atoms with Gasteiger partial charge in [-0.1, -0.05) is 0 Å². The number of rotatable bonds is 6. The van der Waals surface area contributed by atoms with Gasteiger partial charge in [-0.3, -0.25) is 4.79 Å². The summed E-state index contributed by atoms with van der Waals surface area (Å²) in [6, 6.07) is 0. The fourth-order valence-corrected chi connectivity index (χ4v) is 4.32. The monoisotopic (exact) mass is 358 g/mol. The van der Waals surface area contributed by atoms with Gasteiger partial charge in [0.15, 0.2) is 5.60 Å². The van der Waals surface area contributed by atoms with Gasteiger partial charge in [0, 0.05) is 31.0 Å². The topological polar surface area (TPSA) is 78.4 Å². The average Bonchev–Trinajstić information content (AvgIpc) is 3.43. The van der Waals surface area contributed by atoms with Crippen molar-refractivity contribution in [3.63, 3.8) is 0 Å². The molecule has 2 aliphatic carbocycles. The molecule has 0 bridgehead atoms. The Balaban J connectivity index is 1.36. The molecule has 0 radical (unpaired) electrons. The third-order valence-corrected chi connectivity index (χ3v) is 6.02. The van der Waals surface area contributed by atoms with E-state index in [1.165, 1.54) is 36.9 Å². The molecule has 1 aromatic heterocycles. The minimum Gasteiger partial charge on any atom is -0.379 e. The number of amides is 1. The fraction of sp³-hybridized carbons (Fsp3) is 0.750. The van der Waals surface area contributed by atoms with E-state index in [9.17, 15) is 9.90 Å². The first-order valence-electron chi connectivity index (χ1n) is 10.1. The predicted molar refractivity (Wildman–Crippen MR) is 98.6 cm³/mol. The molecule has 1 saturated heterocycles. The number of nitrogens with one attached hydrogen (secondary N) is 1. The Labute approximate surface area is 155 Å². The van der Waals surface area contributed by atoms with E-state index in [4.69, 9.17) is 4.98 Å². The van der Waals surface area contributed by atoms with Crippen molar-refractivity contribution in [2.24, 2.45) is 5.92 Å². The first kappa shape index (κ1) is 17.9. The van der Waals surface area contributed by atoms with Crippen LogP contribution in [0.25, 0.3) is 0 Å². The van der Waals surface area contributed by atoms with Gasteiger partial charge < -0.3 is 15.3 Å². The van der Waals surface area contributed by atoms with Crippen LogP contribution in [0, 0.1) is 12.8 Å². The smallest absolute Gasteiger partial charge is 0.255 e. The molecule has 26 heavy (non-hydrogen) atoms. The SMILES string of the molecule is Cc1nc(CNCC2(O)CCCN(CC3CC3)C2=O)nc2c1CCCC2. The Morgan fingerprint density at radius 2 is 2.04 bits per heavy atom. The van der Waals surface area contributed by atoms with Gasteiger partial charge in [-0.15, -0.1) is 0 Å². The van der Waals surface area contributed by atoms with Crippen LogP contribution >= 0.6 is 0 Å². The Morgan fingerprint density at radius 1 is 1.23 bits per heavy atom. The summed E-state index contributed by atoms with van der Waals surface area (Å²) < 4.78 is 0. The van der Waals surface area contributed by atoms with Crippen molar-refractivity contribution in [1.29, 1.82) is 0 Å². The van der Waals surface area contributed by atoms with Crippen molar-refractivity contribution in [3.8, 4) is 0 Å². The summed E-state index contributed by atoms with van der Waals surface area (Å²) in [4.78, 5) is 23.9. The quantitative estimate of drug-likeness (QED) is 0.806. The molecular formula is C20H30N4O2. The van der Waals surface area contributed by atoms with Gasteiger partial charge in [-0.25, -0.2) is 9.97 Å². The maximum absolute atomic E-state index is 12.7. The molecule has 6 heteroatoms. The first-order chi connectivity index (χ1) is 12.5. The summed E-state index contributed by atoms with van der Waals surface area (Å²) in [5, 5.41) is 14.1. The highest BCUT2D eigenvalue weighted by Gasteiger charge is 2.43. The highest BCUT2D eigenvalue weighted by atomic mass is 16.3. The number of carbonyl (C=O) groups is 1. The molecule has 1 atom stereocenters. The number of piperidine rings is 1. The average molecular weight is 358 g/mol. The lowest BCUT2D eigenvalue weighted by Gasteiger charge is -2.38. The van der Waals surface area contributed by atoms with Gasteiger partial charge >= 0.3 is 0 Å². The van der Waals surface area contributed by atoms with E-state index in [1.54, 1.807) is 0 Å². The van der Waals surface area contributed by atoms with E-state index in [1.807, 2.05) is 4.90 Å². The van der Waals surface area contributed by atoms with Gasteiger partial charge in [0.25, 0.3) is 5.91 Å². The molecule has 1 aromatic rings. The van der Waals surface area contributed by atoms with Crippen molar-refractivity contribution < 1.29 is 9.90 Å². The van der Waals surface area contributed by atoms with Gasteiger partial charge in [-0.2, -0.15) is 0 Å². The molecule has 1 saturated carbocycles. The molecule has 1 amide bonds. The van der Waals surface area contributed by atoms with E-state index in [0.29, 0.717) is 18.9 Å². The molecule has 142 valence electrons. The lowest BCUT2D eigenvalue weighted by Crippen LogP contribution is -2.58. The molecule has 2 N–H and O–H groups in total. The highest BCUT2D eigenvalue weighted by molar-refractivity contribution is 5.86. The lowest BCUT2D eigenvalue weighted by molar-refractivity contribution is -0.156. The van der Waals surface area contributed by atoms with Gasteiger partial charge in [0.2, 0.25) is 0 Å². The molecule has 2 fully saturated rings. The van der Waals surface area contributed by atoms with Crippen LogP contribution in [0.1, 0.15) is 61.3 Å². The van der Waals surface area contributed by atoms with Crippen LogP contribution in [0.2, 0.25) is 0 Å². The molecule has 0 aromatic carbocycles. The lowest BCUT2D eigenvalue weighted by atomic mass is 9.91. The van der Waals surface area contributed by atoms with Crippen LogP contribution in [0.15, 0.2) is 0 Å². The summed E-state index contributed by atoms with van der Waals surface area (Å²) in [5.41, 5.74) is 2.30. The number of aliphatic hydroxyl groups is 1. The van der Waals surface area contributed by atoms with Gasteiger partial charge in [0.05, 0.1) is 6.54 Å². The zero-order valence-electron chi connectivity index (χ0n) is 15.8. The molecule has 4 rings (SSSR count). The molecule has 1 aliphatic heterocycles. The summed E-state index contributed by atoms with van der Waals surface area (Å²) in [6.07, 6.45) is 8.37. The maximum atomic E-state index is 12.7. The van der Waals surface area contributed by atoms with Crippen LogP contribution in [-0.2, 0) is 24.2 Å². The number of likely N-dealkylation sites (tertiary alicyclic amines) is 1. The van der Waals surface area contributed by atoms with Crippen molar-refractivity contribution in [2.45, 2.75) is 70.4 Å². The standard InChI is InChI=1S/C20H30N4O2/c1-14-16-5-2-3-6-17(16)23-18(22-14)11-21-13-20(26)9-4-10-24(19(20)25)12-15-7-8-15/h15,21,26H,2-13H2,1H3. The molecule has 3 aliphatic rings. The number of hydrogen-bond donors (Lipinski definition) is 2. The molecule has 1 unspecified atom stereocenters. The van der Waals surface area contributed by atoms with E-state index in [2.05, 4.69) is 17.2 Å². The minimum atomic E-state index is -1.28. The molecule has 6 nitrogen and oxygen atoms in total. The molecule has 2 heterocycles. The summed E-state index contributed by atoms with van der Waals surface area (Å²) in [7, 11) is 0. The second-order valence-corrected chi connectivity index (χ2v) is 8.29. The second kappa shape index (κ2) is 7.24. The molecule has 0 spiro atoms. The van der Waals surface area contributed by atoms with Crippen LogP contribution < -0.4 is 5.32 Å². The second-order valence-electron chi connectivity index (χ2n) is 8.29. The summed E-state index contributed by atoms with van der Waals surface area (Å²) >= 11 is 0. The van der Waals surface area contributed by atoms with E-state index >= 15 is 0 Å². The number of aryl methyl sites for hydroxylation is 2. The number of carbonyl (C=O) groups excluding carboxylic acids is 1. The Kier molecular flexibility index (Phi) is 4.97. The minimum absolute atomic E-state index is 0.106. The third kappa shape index (κ3) is 3.76. The van der Waals surface area contributed by atoms with Gasteiger partial charge in [0.1, 0.15) is 5.82 Å². The van der Waals surface area contributed by atoms with Crippen molar-refractivity contribution in [1.82, 2.24) is 20.2 Å². The van der Waals surface area contributed by atoms with Crippen LogP contribution in [-0.4, -0.2) is 51.1 Å². The zero-order valence-corrected chi connectivity index (χ0v) is 15.8. The van der Waals surface area contributed by atoms with Crippen molar-refractivity contribution in [2.75, 3.05) is 19.6 Å². The van der Waals surface area contributed by atoms with Crippen LogP contribution in [0.3, 0.4) is 0 Å². The van der Waals surface area contributed by atoms with Crippen molar-refractivity contribution in [3.05, 3.63) is 22.8 Å². The fourth-order valence-electron chi connectivity index (χ4n) is 4.32. The summed E-state index contributed by atoms with van der Waals surface area (Å²) in [5.74, 6) is 1.32. The number of aromatic nitrogens is 2. The normalized spacial score (nSPS) is 26.1. The van der Waals surface area contributed by atoms with E-state index in [-0.39, 0.29) is 12.5 Å². The number of hydrogen-bond acceptors (Lipinski definition) is 5. The number of fused-ring (bicyclic) bond motifs is 1. The Bertz CT molecular complexity index is 689. The summed E-state index contributed by atoms with van der Waals surface area (Å²) in [6.45, 7) is 4.42. The van der Waals surface area contributed by atoms with Crippen LogP contribution in [0.5, 0.6) is 0 Å². The highest BCUT2D eigenvalue weighted by Crippen LogP contribution is 2.32. The zero-order chi connectivity index (χ0) is 18.1. The predicted octanol–water partition coefficient (Wildman–Crippen LogP) is 1.52. The molecular weight excluding hydrogens is 328 g/mol. The maximum Gasteiger partial charge on any atom is 0.255 e. The van der Waals surface area contributed by atoms with E-state index < -0.39 is 5.60 Å². The first-order valence-corrected chi connectivity index (χ1v) is 10.1. The van der Waals surface area contributed by atoms with Crippen molar-refractivity contribution >= 4 is 5.91 Å². The van der Waals surface area contributed by atoms with Crippen LogP contribution in [0.4, 0.5) is 0 Å². The van der Waals surface area contributed by atoms with E-state index in [0.717, 1.165) is 43.9 Å².